The number of hydrogen-bond acceptors (Lipinski definition) is 4. The molecule has 2 aliphatic heterocycles. The lowest BCUT2D eigenvalue weighted by Crippen LogP contribution is -2.46. The van der Waals surface area contributed by atoms with Gasteiger partial charge in [0.25, 0.3) is 0 Å². The molecule has 5 nitrogen and oxygen atoms in total. The quantitative estimate of drug-likeness (QED) is 0.594. The lowest BCUT2D eigenvalue weighted by atomic mass is 9.97. The van der Waals surface area contributed by atoms with E-state index < -0.39 is 0 Å². The van der Waals surface area contributed by atoms with Gasteiger partial charge in [0.2, 0.25) is 11.8 Å². The summed E-state index contributed by atoms with van der Waals surface area (Å²) in [6, 6.07) is 4.27. The van der Waals surface area contributed by atoms with Crippen LogP contribution >= 0.6 is 23.7 Å². The number of halogens is 1. The van der Waals surface area contributed by atoms with E-state index in [0.717, 1.165) is 71.0 Å². The standard InChI is InChI=1S/C21H33N3O2S.ClH/c25-20(11-3-1-2-8-18-9-6-14-27-18)24-13-5-7-17(16-24)15-23-21(26)19-10-4-12-22-19;/h6,9,14,17,19,22H,1-5,7-8,10-13,15-16H2,(H,23,26);1H. The molecule has 2 atom stereocenters. The summed E-state index contributed by atoms with van der Waals surface area (Å²) in [5, 5.41) is 8.45. The summed E-state index contributed by atoms with van der Waals surface area (Å²) in [5.74, 6) is 0.813. The molecule has 0 aromatic carbocycles. The molecule has 3 heterocycles. The lowest BCUT2D eigenvalue weighted by molar-refractivity contribution is -0.133. The van der Waals surface area contributed by atoms with Gasteiger partial charge in [0.05, 0.1) is 6.04 Å². The molecular formula is C21H34ClN3O2S. The Hall–Kier alpha value is -1.11. The van der Waals surface area contributed by atoms with Crippen LogP contribution in [0.5, 0.6) is 0 Å². The van der Waals surface area contributed by atoms with E-state index in [0.29, 0.717) is 24.8 Å². The molecule has 3 rings (SSSR count). The van der Waals surface area contributed by atoms with Crippen LogP contribution in [0.2, 0.25) is 0 Å². The smallest absolute Gasteiger partial charge is 0.237 e. The van der Waals surface area contributed by atoms with Crippen LogP contribution in [0, 0.1) is 5.92 Å². The van der Waals surface area contributed by atoms with Crippen LogP contribution in [0.3, 0.4) is 0 Å². The molecule has 0 radical (unpaired) electrons. The van der Waals surface area contributed by atoms with Gasteiger partial charge in [-0.3, -0.25) is 9.59 Å². The van der Waals surface area contributed by atoms with Crippen molar-refractivity contribution >= 4 is 35.6 Å². The summed E-state index contributed by atoms with van der Waals surface area (Å²) in [4.78, 5) is 28.1. The van der Waals surface area contributed by atoms with E-state index in [9.17, 15) is 9.59 Å². The minimum Gasteiger partial charge on any atom is -0.354 e. The Labute approximate surface area is 179 Å². The second kappa shape index (κ2) is 12.5. The molecule has 0 aliphatic carbocycles. The molecule has 0 saturated carbocycles. The van der Waals surface area contributed by atoms with Crippen molar-refractivity contribution in [2.75, 3.05) is 26.2 Å². The van der Waals surface area contributed by atoms with Crippen molar-refractivity contribution in [1.82, 2.24) is 15.5 Å². The van der Waals surface area contributed by atoms with Crippen molar-refractivity contribution in [2.24, 2.45) is 5.92 Å². The van der Waals surface area contributed by atoms with Gasteiger partial charge < -0.3 is 15.5 Å². The minimum absolute atomic E-state index is 0. The van der Waals surface area contributed by atoms with E-state index in [-0.39, 0.29) is 24.4 Å². The monoisotopic (exact) mass is 427 g/mol. The molecule has 158 valence electrons. The molecule has 2 aliphatic rings. The lowest BCUT2D eigenvalue weighted by Gasteiger charge is -2.33. The number of carbonyl (C=O) groups is 2. The zero-order valence-electron chi connectivity index (χ0n) is 16.7. The molecule has 2 amide bonds. The summed E-state index contributed by atoms with van der Waals surface area (Å²) in [6.07, 6.45) is 9.22. The van der Waals surface area contributed by atoms with Crippen molar-refractivity contribution in [3.63, 3.8) is 0 Å². The van der Waals surface area contributed by atoms with Gasteiger partial charge in [0, 0.05) is 30.9 Å². The zero-order valence-corrected chi connectivity index (χ0v) is 18.3. The summed E-state index contributed by atoms with van der Waals surface area (Å²) in [6.45, 7) is 3.31. The van der Waals surface area contributed by atoms with Gasteiger partial charge in [-0.15, -0.1) is 23.7 Å². The Kier molecular flexibility index (Phi) is 10.3. The number of unbranched alkanes of at least 4 members (excludes halogenated alkanes) is 2. The molecular weight excluding hydrogens is 394 g/mol. The Morgan fingerprint density at radius 1 is 1.21 bits per heavy atom. The van der Waals surface area contributed by atoms with Gasteiger partial charge in [-0.05, 0) is 68.9 Å². The summed E-state index contributed by atoms with van der Waals surface area (Å²) in [7, 11) is 0. The highest BCUT2D eigenvalue weighted by atomic mass is 35.5. The Balaban J connectivity index is 0.00000280. The molecule has 2 saturated heterocycles. The maximum atomic E-state index is 12.5. The second-order valence-electron chi connectivity index (χ2n) is 7.88. The zero-order chi connectivity index (χ0) is 18.9. The average Bonchev–Trinajstić information content (AvgIpc) is 3.40. The first-order chi connectivity index (χ1) is 13.2. The second-order valence-corrected chi connectivity index (χ2v) is 8.91. The fourth-order valence-electron chi connectivity index (χ4n) is 4.10. The molecule has 28 heavy (non-hydrogen) atoms. The molecule has 1 aromatic rings. The normalized spacial score (nSPS) is 21.9. The fourth-order valence-corrected chi connectivity index (χ4v) is 4.85. The van der Waals surface area contributed by atoms with Crippen LogP contribution in [0.1, 0.15) is 56.2 Å². The van der Waals surface area contributed by atoms with Crippen LogP contribution in [-0.2, 0) is 16.0 Å². The Morgan fingerprint density at radius 2 is 2.11 bits per heavy atom. The SMILES string of the molecule is Cl.O=C(NCC1CCCN(C(=O)CCCCCc2cccs2)C1)C1CCCN1. The van der Waals surface area contributed by atoms with Crippen LogP contribution in [-0.4, -0.2) is 48.9 Å². The van der Waals surface area contributed by atoms with Gasteiger partial charge in [-0.1, -0.05) is 12.5 Å². The molecule has 1 aromatic heterocycles. The average molecular weight is 428 g/mol. The Bertz CT molecular complexity index is 590. The van der Waals surface area contributed by atoms with E-state index in [1.807, 2.05) is 16.2 Å². The van der Waals surface area contributed by atoms with E-state index >= 15 is 0 Å². The highest BCUT2D eigenvalue weighted by Gasteiger charge is 2.26. The van der Waals surface area contributed by atoms with Crippen molar-refractivity contribution in [2.45, 2.75) is 63.8 Å². The fraction of sp³-hybridized carbons (Fsp3) is 0.714. The largest absolute Gasteiger partial charge is 0.354 e. The molecule has 2 fully saturated rings. The predicted octanol–water partition coefficient (Wildman–Crippen LogP) is 3.38. The van der Waals surface area contributed by atoms with Gasteiger partial charge in [-0.2, -0.15) is 0 Å². The number of carbonyl (C=O) groups excluding carboxylic acids is 2. The van der Waals surface area contributed by atoms with Gasteiger partial charge in [0.15, 0.2) is 0 Å². The number of thiophene rings is 1. The summed E-state index contributed by atoms with van der Waals surface area (Å²) in [5.41, 5.74) is 0. The predicted molar refractivity (Wildman–Crippen MR) is 117 cm³/mol. The molecule has 2 N–H and O–H groups in total. The van der Waals surface area contributed by atoms with E-state index in [2.05, 4.69) is 28.1 Å². The number of nitrogens with one attached hydrogen (secondary N) is 2. The maximum absolute atomic E-state index is 12.5. The van der Waals surface area contributed by atoms with Crippen molar-refractivity contribution in [1.29, 1.82) is 0 Å². The van der Waals surface area contributed by atoms with Gasteiger partial charge in [-0.25, -0.2) is 0 Å². The minimum atomic E-state index is -0.0134. The van der Waals surface area contributed by atoms with E-state index in [1.54, 1.807) is 0 Å². The number of nitrogens with zero attached hydrogens (tertiary/aromatic N) is 1. The first-order valence-corrected chi connectivity index (χ1v) is 11.4. The van der Waals surface area contributed by atoms with E-state index in [4.69, 9.17) is 0 Å². The number of likely N-dealkylation sites (tertiary alicyclic amines) is 1. The number of aryl methyl sites for hydroxylation is 1. The molecule has 2 unspecified atom stereocenters. The molecule has 0 bridgehead atoms. The highest BCUT2D eigenvalue weighted by molar-refractivity contribution is 7.09. The number of rotatable bonds is 9. The summed E-state index contributed by atoms with van der Waals surface area (Å²) < 4.78 is 0. The first-order valence-electron chi connectivity index (χ1n) is 10.5. The topological polar surface area (TPSA) is 61.4 Å². The summed E-state index contributed by atoms with van der Waals surface area (Å²) >= 11 is 1.82. The molecule has 7 heteroatoms. The van der Waals surface area contributed by atoms with Crippen LogP contribution in [0.25, 0.3) is 0 Å². The van der Waals surface area contributed by atoms with E-state index in [1.165, 1.54) is 4.88 Å². The van der Waals surface area contributed by atoms with Crippen LogP contribution < -0.4 is 10.6 Å². The first kappa shape index (κ1) is 23.2. The third-order valence-corrected chi connectivity index (χ3v) is 6.64. The highest BCUT2D eigenvalue weighted by Crippen LogP contribution is 2.18. The number of piperidine rings is 1. The van der Waals surface area contributed by atoms with Gasteiger partial charge >= 0.3 is 0 Å². The Morgan fingerprint density at radius 3 is 2.86 bits per heavy atom. The van der Waals surface area contributed by atoms with Crippen molar-refractivity contribution in [3.8, 4) is 0 Å². The number of amides is 2. The third-order valence-electron chi connectivity index (χ3n) is 5.71. The third kappa shape index (κ3) is 7.37. The van der Waals surface area contributed by atoms with Crippen LogP contribution in [0.4, 0.5) is 0 Å². The number of hydrogen-bond donors (Lipinski definition) is 2. The van der Waals surface area contributed by atoms with Crippen molar-refractivity contribution in [3.05, 3.63) is 22.4 Å². The van der Waals surface area contributed by atoms with Crippen LogP contribution in [0.15, 0.2) is 17.5 Å². The van der Waals surface area contributed by atoms with Crippen molar-refractivity contribution < 1.29 is 9.59 Å². The molecule has 0 spiro atoms. The maximum Gasteiger partial charge on any atom is 0.237 e. The van der Waals surface area contributed by atoms with Gasteiger partial charge in [0.1, 0.15) is 0 Å².